The number of aromatic nitrogens is 4. The van der Waals surface area contributed by atoms with Gasteiger partial charge in [-0.05, 0) is 58.1 Å². The Kier molecular flexibility index (Phi) is 7.89. The molecule has 5 nitrogen and oxygen atoms in total. The van der Waals surface area contributed by atoms with Crippen molar-refractivity contribution < 1.29 is 4.42 Å². The molecule has 0 fully saturated rings. The van der Waals surface area contributed by atoms with E-state index in [9.17, 15) is 0 Å². The first kappa shape index (κ1) is 36.5. The number of furan rings is 1. The van der Waals surface area contributed by atoms with E-state index in [0.717, 1.165) is 60.8 Å². The lowest BCUT2D eigenvalue weighted by molar-refractivity contribution is 0.438. The summed E-state index contributed by atoms with van der Waals surface area (Å²) in [7, 11) is 0. The number of pyridine rings is 1. The molecule has 6 heteroatoms. The average Bonchev–Trinajstić information content (AvgIpc) is 3.90. The van der Waals surface area contributed by atoms with Crippen LogP contribution in [0.25, 0.3) is 84.3 Å². The molecule has 14 rings (SSSR count). The van der Waals surface area contributed by atoms with Crippen molar-refractivity contribution in [2.24, 2.45) is 5.92 Å². The van der Waals surface area contributed by atoms with E-state index in [1.807, 2.05) is 66.4 Å². The van der Waals surface area contributed by atoms with E-state index in [2.05, 4.69) is 152 Å². The van der Waals surface area contributed by atoms with Crippen LogP contribution in [-0.4, -0.2) is 19.9 Å². The first-order valence-electron chi connectivity index (χ1n) is 22.1. The molecule has 2 aliphatic carbocycles. The second kappa shape index (κ2) is 14.0. The van der Waals surface area contributed by atoms with E-state index in [4.69, 9.17) is 24.4 Å². The molecule has 304 valence electrons. The minimum Gasteiger partial charge on any atom is -0.455 e. The zero-order valence-electron chi connectivity index (χ0n) is 34.9. The van der Waals surface area contributed by atoms with Crippen molar-refractivity contribution in [1.29, 1.82) is 0 Å². The molecule has 1 aliphatic heterocycles. The highest BCUT2D eigenvalue weighted by Gasteiger charge is 2.57. The van der Waals surface area contributed by atoms with Gasteiger partial charge in [0.25, 0.3) is 0 Å². The van der Waals surface area contributed by atoms with Crippen molar-refractivity contribution in [3.63, 3.8) is 0 Å². The molecule has 11 aromatic rings. The second-order valence-corrected chi connectivity index (χ2v) is 18.3. The SMILES string of the molecule is C1=CC2C(c3ccccc3C23c2ccccc2Sc2ccccc23)c2c1c(-c1ccccc1)nc1cc(-c3nc(-c4ccccc4)nc(-c4cccc5c4oc4ccccc45)n3)ccc21. The van der Waals surface area contributed by atoms with E-state index in [1.54, 1.807) is 0 Å². The fourth-order valence-electron chi connectivity index (χ4n) is 11.2. The zero-order valence-corrected chi connectivity index (χ0v) is 35.7. The Morgan fingerprint density at radius 2 is 1.11 bits per heavy atom. The molecule has 65 heavy (non-hydrogen) atoms. The van der Waals surface area contributed by atoms with Crippen LogP contribution in [0.2, 0.25) is 0 Å². The van der Waals surface area contributed by atoms with Crippen molar-refractivity contribution in [3.05, 3.63) is 234 Å². The molecule has 0 saturated heterocycles. The van der Waals surface area contributed by atoms with Crippen molar-refractivity contribution in [2.75, 3.05) is 0 Å². The van der Waals surface area contributed by atoms with Gasteiger partial charge in [-0.3, -0.25) is 0 Å². The number of allylic oxidation sites excluding steroid dienone is 1. The Morgan fingerprint density at radius 3 is 1.89 bits per heavy atom. The van der Waals surface area contributed by atoms with Crippen molar-refractivity contribution in [1.82, 2.24) is 19.9 Å². The standard InChI is InChI=1S/C59H36N4OS/c1-3-16-35(17-4-1)54-42-32-33-47-53(40-21-7-9-24-44(40)59(47)45-25-10-13-28-50(45)65-51-29-14-11-26-46(51)59)52(42)41-31-30-37(34-48(41)60-54)57-61-56(36-18-5-2-6-19-36)62-58(63-57)43-23-15-22-39-38-20-8-12-27-49(38)64-55(39)43/h1-34,47,53H. The van der Waals surface area contributed by atoms with Gasteiger partial charge in [0.15, 0.2) is 17.5 Å². The predicted octanol–water partition coefficient (Wildman–Crippen LogP) is 14.6. The molecule has 4 heterocycles. The van der Waals surface area contributed by atoms with Crippen LogP contribution in [0.4, 0.5) is 0 Å². The van der Waals surface area contributed by atoms with E-state index in [-0.39, 0.29) is 17.3 Å². The van der Waals surface area contributed by atoms with Crippen LogP contribution in [-0.2, 0) is 5.41 Å². The highest BCUT2D eigenvalue weighted by Crippen LogP contribution is 2.66. The predicted molar refractivity (Wildman–Crippen MR) is 262 cm³/mol. The lowest BCUT2D eigenvalue weighted by atomic mass is 9.61. The Bertz CT molecular complexity index is 3740. The summed E-state index contributed by atoms with van der Waals surface area (Å²) >= 11 is 1.89. The highest BCUT2D eigenvalue weighted by atomic mass is 32.2. The number of fused-ring (bicyclic) bond motifs is 16. The van der Waals surface area contributed by atoms with Gasteiger partial charge in [-0.15, -0.1) is 0 Å². The molecule has 8 aromatic carbocycles. The Morgan fingerprint density at radius 1 is 0.477 bits per heavy atom. The maximum Gasteiger partial charge on any atom is 0.167 e. The summed E-state index contributed by atoms with van der Waals surface area (Å²) in [5, 5.41) is 3.21. The summed E-state index contributed by atoms with van der Waals surface area (Å²) in [6, 6.07) is 69.1. The van der Waals surface area contributed by atoms with Gasteiger partial charge in [-0.1, -0.05) is 188 Å². The summed E-state index contributed by atoms with van der Waals surface area (Å²) in [4.78, 5) is 23.8. The first-order chi connectivity index (χ1) is 32.2. The van der Waals surface area contributed by atoms with Crippen LogP contribution < -0.4 is 0 Å². The topological polar surface area (TPSA) is 64.7 Å². The zero-order chi connectivity index (χ0) is 42.6. The smallest absolute Gasteiger partial charge is 0.167 e. The van der Waals surface area contributed by atoms with Gasteiger partial charge in [0.1, 0.15) is 11.2 Å². The first-order valence-corrected chi connectivity index (χ1v) is 22.9. The van der Waals surface area contributed by atoms with Gasteiger partial charge in [0.05, 0.1) is 22.2 Å². The van der Waals surface area contributed by atoms with E-state index < -0.39 is 0 Å². The number of hydrogen-bond acceptors (Lipinski definition) is 6. The third-order valence-corrected chi connectivity index (χ3v) is 15.0. The summed E-state index contributed by atoms with van der Waals surface area (Å²) in [6.45, 7) is 0. The third-order valence-electron chi connectivity index (χ3n) is 13.9. The molecule has 2 unspecified atom stereocenters. The van der Waals surface area contributed by atoms with Gasteiger partial charge < -0.3 is 4.42 Å². The van der Waals surface area contributed by atoms with Crippen LogP contribution in [0.3, 0.4) is 0 Å². The van der Waals surface area contributed by atoms with E-state index >= 15 is 0 Å². The lowest BCUT2D eigenvalue weighted by Gasteiger charge is -2.44. The molecular formula is C59H36N4OS. The van der Waals surface area contributed by atoms with Crippen molar-refractivity contribution in [2.45, 2.75) is 21.1 Å². The molecule has 1 spiro atoms. The summed E-state index contributed by atoms with van der Waals surface area (Å²) in [5.74, 6) is 1.89. The number of para-hydroxylation sites is 2. The Balaban J connectivity index is 1.01. The van der Waals surface area contributed by atoms with Gasteiger partial charge in [0.2, 0.25) is 0 Å². The van der Waals surface area contributed by atoms with Gasteiger partial charge in [-0.2, -0.15) is 0 Å². The number of rotatable bonds is 4. The molecule has 3 aromatic heterocycles. The minimum atomic E-state index is -0.381. The van der Waals surface area contributed by atoms with Crippen LogP contribution >= 0.6 is 11.8 Å². The molecule has 0 amide bonds. The molecule has 0 N–H and O–H groups in total. The van der Waals surface area contributed by atoms with Gasteiger partial charge >= 0.3 is 0 Å². The average molecular weight is 849 g/mol. The van der Waals surface area contributed by atoms with Crippen LogP contribution in [0.5, 0.6) is 0 Å². The number of hydrogen-bond donors (Lipinski definition) is 0. The highest BCUT2D eigenvalue weighted by molar-refractivity contribution is 7.99. The summed E-state index contributed by atoms with van der Waals surface area (Å²) in [5.41, 5.74) is 14.7. The molecule has 0 bridgehead atoms. The molecule has 0 radical (unpaired) electrons. The lowest BCUT2D eigenvalue weighted by Crippen LogP contribution is -2.38. The minimum absolute atomic E-state index is 0.0620. The second-order valence-electron chi connectivity index (χ2n) is 17.2. The van der Waals surface area contributed by atoms with Crippen LogP contribution in [0, 0.1) is 5.92 Å². The third kappa shape index (κ3) is 5.29. The largest absolute Gasteiger partial charge is 0.455 e. The normalized spacial score (nSPS) is 16.3. The van der Waals surface area contributed by atoms with Crippen molar-refractivity contribution >= 4 is 50.7 Å². The number of benzene rings is 8. The van der Waals surface area contributed by atoms with Crippen LogP contribution in [0.15, 0.2) is 214 Å². The van der Waals surface area contributed by atoms with Gasteiger partial charge in [0, 0.05) is 60.0 Å². The quantitative estimate of drug-likeness (QED) is 0.176. The summed E-state index contributed by atoms with van der Waals surface area (Å²) < 4.78 is 6.52. The molecule has 2 atom stereocenters. The van der Waals surface area contributed by atoms with E-state index in [0.29, 0.717) is 17.5 Å². The van der Waals surface area contributed by atoms with E-state index in [1.165, 1.54) is 43.2 Å². The monoisotopic (exact) mass is 848 g/mol. The maximum atomic E-state index is 6.52. The van der Waals surface area contributed by atoms with Crippen LogP contribution in [0.1, 0.15) is 39.3 Å². The van der Waals surface area contributed by atoms with Crippen molar-refractivity contribution in [3.8, 4) is 45.4 Å². The maximum absolute atomic E-state index is 6.52. The van der Waals surface area contributed by atoms with Gasteiger partial charge in [-0.25, -0.2) is 19.9 Å². The molecule has 3 aliphatic rings. The summed E-state index contributed by atoms with van der Waals surface area (Å²) in [6.07, 6.45) is 4.88. The molecule has 0 saturated carbocycles. The number of nitrogens with zero attached hydrogens (tertiary/aromatic N) is 4. The Hall–Kier alpha value is -7.93. The molecular weight excluding hydrogens is 813 g/mol. The fraction of sp³-hybridized carbons (Fsp3) is 0.0508. The Labute approximate surface area is 379 Å². The fourth-order valence-corrected chi connectivity index (χ4v) is 12.5.